The van der Waals surface area contributed by atoms with Crippen molar-refractivity contribution >= 4 is 21.7 Å². The number of nitrogens with zero attached hydrogens (tertiary/aromatic N) is 3. The zero-order chi connectivity index (χ0) is 20.6. The number of hydrogen-bond acceptors (Lipinski definition) is 6. The van der Waals surface area contributed by atoms with Gasteiger partial charge >= 0.3 is 0 Å². The molecular formula is C20H27N3O5S. The van der Waals surface area contributed by atoms with Gasteiger partial charge in [-0.3, -0.25) is 24.5 Å². The van der Waals surface area contributed by atoms with Crippen molar-refractivity contribution in [3.8, 4) is 5.75 Å². The maximum atomic E-state index is 13.4. The van der Waals surface area contributed by atoms with E-state index in [4.69, 9.17) is 4.74 Å². The highest BCUT2D eigenvalue weighted by Gasteiger charge is 2.55. The van der Waals surface area contributed by atoms with Crippen molar-refractivity contribution < 1.29 is 22.7 Å². The minimum Gasteiger partial charge on any atom is -0.497 e. The van der Waals surface area contributed by atoms with Crippen LogP contribution in [0.1, 0.15) is 24.8 Å². The van der Waals surface area contributed by atoms with Crippen molar-refractivity contribution in [2.75, 3.05) is 51.3 Å². The molecule has 0 radical (unpaired) electrons. The second-order valence-corrected chi connectivity index (χ2v) is 10.3. The van der Waals surface area contributed by atoms with Crippen molar-refractivity contribution in [3.63, 3.8) is 0 Å². The maximum Gasteiger partial charge on any atom is 0.255 e. The third-order valence-corrected chi connectivity index (χ3v) is 7.76. The molecule has 2 aliphatic heterocycles. The fraction of sp³-hybridized carbons (Fsp3) is 0.600. The quantitative estimate of drug-likeness (QED) is 0.685. The van der Waals surface area contributed by atoms with Gasteiger partial charge in [0.1, 0.15) is 5.75 Å². The van der Waals surface area contributed by atoms with Crippen LogP contribution in [0.15, 0.2) is 24.3 Å². The summed E-state index contributed by atoms with van der Waals surface area (Å²) in [4.78, 5) is 28.1. The van der Waals surface area contributed by atoms with Gasteiger partial charge in [0.25, 0.3) is 11.8 Å². The average Bonchev–Trinajstić information content (AvgIpc) is 3.38. The van der Waals surface area contributed by atoms with Crippen LogP contribution in [0.3, 0.4) is 0 Å². The fourth-order valence-electron chi connectivity index (χ4n) is 4.17. The van der Waals surface area contributed by atoms with Crippen LogP contribution >= 0.6 is 0 Å². The zero-order valence-corrected chi connectivity index (χ0v) is 17.5. The number of hydrazine groups is 1. The van der Waals surface area contributed by atoms with E-state index in [0.29, 0.717) is 26.2 Å². The number of benzene rings is 1. The Morgan fingerprint density at radius 1 is 1.00 bits per heavy atom. The van der Waals surface area contributed by atoms with Crippen molar-refractivity contribution in [1.29, 1.82) is 0 Å². The smallest absolute Gasteiger partial charge is 0.255 e. The first-order chi connectivity index (χ1) is 13.8. The molecule has 4 rings (SSSR count). The first-order valence-corrected chi connectivity index (χ1v) is 11.9. The molecule has 1 aromatic rings. The lowest BCUT2D eigenvalue weighted by Gasteiger charge is -2.33. The highest BCUT2D eigenvalue weighted by Crippen LogP contribution is 2.50. The van der Waals surface area contributed by atoms with Crippen molar-refractivity contribution in [1.82, 2.24) is 14.9 Å². The predicted molar refractivity (Wildman–Crippen MR) is 107 cm³/mol. The lowest BCUT2D eigenvalue weighted by atomic mass is 9.94. The predicted octanol–water partition coefficient (Wildman–Crippen LogP) is 0.433. The number of carbonyl (C=O) groups is 2. The molecule has 158 valence electrons. The number of rotatable bonds is 5. The SMILES string of the molecule is COc1ccc(C2(C(=O)N3CCCN3C(=O)CN3CCS(=O)(=O)CC3)CC2)cc1. The summed E-state index contributed by atoms with van der Waals surface area (Å²) in [5, 5.41) is 3.18. The Morgan fingerprint density at radius 2 is 1.62 bits per heavy atom. The maximum absolute atomic E-state index is 13.4. The van der Waals surface area contributed by atoms with Gasteiger partial charge in [0, 0.05) is 26.2 Å². The lowest BCUT2D eigenvalue weighted by Crippen LogP contribution is -2.53. The van der Waals surface area contributed by atoms with Crippen LogP contribution in [-0.4, -0.2) is 86.5 Å². The molecule has 2 heterocycles. The van der Waals surface area contributed by atoms with Gasteiger partial charge in [0.2, 0.25) is 0 Å². The van der Waals surface area contributed by atoms with Gasteiger partial charge in [-0.05, 0) is 37.0 Å². The highest BCUT2D eigenvalue weighted by molar-refractivity contribution is 7.91. The van der Waals surface area contributed by atoms with E-state index in [9.17, 15) is 18.0 Å². The second kappa shape index (κ2) is 7.60. The molecule has 0 N–H and O–H groups in total. The minimum atomic E-state index is -2.98. The van der Waals surface area contributed by atoms with Gasteiger partial charge in [-0.15, -0.1) is 0 Å². The van der Waals surface area contributed by atoms with E-state index in [1.54, 1.807) is 17.1 Å². The molecule has 1 aliphatic carbocycles. The molecule has 0 unspecified atom stereocenters. The van der Waals surface area contributed by atoms with E-state index < -0.39 is 15.3 Å². The summed E-state index contributed by atoms with van der Waals surface area (Å²) in [6, 6.07) is 7.58. The standard InChI is InChI=1S/C20H27N3O5S/c1-28-17-5-3-16(4-6-17)20(7-8-20)19(25)23-10-2-9-22(23)18(24)15-21-11-13-29(26,27)14-12-21/h3-6H,2,7-15H2,1H3. The Labute approximate surface area is 171 Å². The Bertz CT molecular complexity index is 881. The van der Waals surface area contributed by atoms with E-state index in [0.717, 1.165) is 30.6 Å². The molecule has 0 spiro atoms. The Kier molecular flexibility index (Phi) is 5.29. The molecule has 0 aromatic heterocycles. The number of amides is 2. The minimum absolute atomic E-state index is 0.0188. The molecule has 3 aliphatic rings. The third kappa shape index (κ3) is 3.98. The molecule has 0 bridgehead atoms. The normalized spacial score (nSPS) is 23.1. The lowest BCUT2D eigenvalue weighted by molar-refractivity contribution is -0.160. The monoisotopic (exact) mass is 421 g/mol. The summed E-state index contributed by atoms with van der Waals surface area (Å²) >= 11 is 0. The summed E-state index contributed by atoms with van der Waals surface area (Å²) in [6.45, 7) is 1.94. The van der Waals surface area contributed by atoms with Gasteiger partial charge in [-0.25, -0.2) is 8.42 Å². The molecular weight excluding hydrogens is 394 g/mol. The number of carbonyl (C=O) groups excluding carboxylic acids is 2. The first kappa shape index (κ1) is 20.2. The van der Waals surface area contributed by atoms with E-state index in [1.807, 2.05) is 29.2 Å². The molecule has 8 nitrogen and oxygen atoms in total. The summed E-state index contributed by atoms with van der Waals surface area (Å²) < 4.78 is 28.4. The van der Waals surface area contributed by atoms with Crippen LogP contribution in [0.5, 0.6) is 5.75 Å². The fourth-order valence-corrected chi connectivity index (χ4v) is 5.45. The zero-order valence-electron chi connectivity index (χ0n) is 16.7. The third-order valence-electron chi connectivity index (χ3n) is 6.15. The molecule has 1 saturated carbocycles. The summed E-state index contributed by atoms with van der Waals surface area (Å²) in [7, 11) is -1.37. The van der Waals surface area contributed by atoms with E-state index in [-0.39, 0.29) is 29.9 Å². The first-order valence-electron chi connectivity index (χ1n) is 10.0. The Morgan fingerprint density at radius 3 is 2.21 bits per heavy atom. The average molecular weight is 422 g/mol. The number of sulfone groups is 1. The summed E-state index contributed by atoms with van der Waals surface area (Å²) in [5.41, 5.74) is 0.415. The topological polar surface area (TPSA) is 87.2 Å². The van der Waals surface area contributed by atoms with Crippen LogP contribution in [-0.2, 0) is 24.8 Å². The molecule has 3 fully saturated rings. The number of hydrogen-bond donors (Lipinski definition) is 0. The molecule has 9 heteroatoms. The van der Waals surface area contributed by atoms with Crippen molar-refractivity contribution in [3.05, 3.63) is 29.8 Å². The van der Waals surface area contributed by atoms with Gasteiger partial charge < -0.3 is 4.74 Å². The van der Waals surface area contributed by atoms with E-state index in [2.05, 4.69) is 0 Å². The van der Waals surface area contributed by atoms with Crippen molar-refractivity contribution in [2.24, 2.45) is 0 Å². The van der Waals surface area contributed by atoms with Crippen LogP contribution in [0.2, 0.25) is 0 Å². The molecule has 1 aromatic carbocycles. The number of methoxy groups -OCH3 is 1. The Balaban J connectivity index is 1.43. The molecule has 2 saturated heterocycles. The Hall–Kier alpha value is -2.13. The van der Waals surface area contributed by atoms with Gasteiger partial charge in [0.15, 0.2) is 9.84 Å². The van der Waals surface area contributed by atoms with Gasteiger partial charge in [0.05, 0.1) is 30.6 Å². The van der Waals surface area contributed by atoms with E-state index >= 15 is 0 Å². The second-order valence-electron chi connectivity index (χ2n) is 8.04. The molecule has 0 atom stereocenters. The van der Waals surface area contributed by atoms with Crippen molar-refractivity contribution in [2.45, 2.75) is 24.7 Å². The summed E-state index contributed by atoms with van der Waals surface area (Å²) in [5.74, 6) is 0.765. The molecule has 2 amide bonds. The summed E-state index contributed by atoms with van der Waals surface area (Å²) in [6.07, 6.45) is 2.31. The van der Waals surface area contributed by atoms with Gasteiger partial charge in [-0.1, -0.05) is 12.1 Å². The largest absolute Gasteiger partial charge is 0.497 e. The van der Waals surface area contributed by atoms with Crippen LogP contribution < -0.4 is 4.74 Å². The molecule has 29 heavy (non-hydrogen) atoms. The number of ether oxygens (including phenoxy) is 1. The van der Waals surface area contributed by atoms with Gasteiger partial charge in [-0.2, -0.15) is 0 Å². The van der Waals surface area contributed by atoms with E-state index in [1.165, 1.54) is 0 Å². The highest BCUT2D eigenvalue weighted by atomic mass is 32.2. The van der Waals surface area contributed by atoms with Crippen LogP contribution in [0.4, 0.5) is 0 Å². The van der Waals surface area contributed by atoms with Crippen LogP contribution in [0.25, 0.3) is 0 Å². The van der Waals surface area contributed by atoms with Crippen LogP contribution in [0, 0.1) is 0 Å².